The first-order valence-electron chi connectivity index (χ1n) is 7.15. The van der Waals surface area contributed by atoms with Crippen molar-refractivity contribution in [2.45, 2.75) is 11.8 Å². The quantitative estimate of drug-likeness (QED) is 0.715. The van der Waals surface area contributed by atoms with Gasteiger partial charge in [0.2, 0.25) is 0 Å². The number of rotatable bonds is 3. The zero-order valence-electron chi connectivity index (χ0n) is 13.3. The molecule has 8 heteroatoms. The van der Waals surface area contributed by atoms with Crippen LogP contribution in [-0.2, 0) is 9.84 Å². The maximum atomic E-state index is 14.4. The highest BCUT2D eigenvalue weighted by atomic mass is 32.2. The molecule has 0 aliphatic rings. The fourth-order valence-corrected chi connectivity index (χ4v) is 3.25. The first-order valence-corrected chi connectivity index (χ1v) is 9.04. The molecule has 1 aromatic heterocycles. The van der Waals surface area contributed by atoms with Crippen LogP contribution in [0.2, 0.25) is 0 Å². The summed E-state index contributed by atoms with van der Waals surface area (Å²) in [7, 11) is -3.92. The number of aryl methyl sites for hydroxylation is 1. The molecule has 0 saturated carbocycles. The Labute approximate surface area is 142 Å². The molecule has 0 atom stereocenters. The second kappa shape index (κ2) is 5.96. The SMILES string of the molecule is Cc1cccc(-n2c(-c3cc(F)c(S(C)(=O)=O)cc3F)coc2=O)c1. The third-order valence-electron chi connectivity index (χ3n) is 3.65. The maximum Gasteiger partial charge on any atom is 0.424 e. The van der Waals surface area contributed by atoms with Crippen LogP contribution in [0, 0.1) is 18.6 Å². The Morgan fingerprint density at radius 1 is 1.08 bits per heavy atom. The van der Waals surface area contributed by atoms with Gasteiger partial charge in [0, 0.05) is 11.8 Å². The average Bonchev–Trinajstić information content (AvgIpc) is 2.89. The van der Waals surface area contributed by atoms with Gasteiger partial charge in [-0.05, 0) is 36.8 Å². The van der Waals surface area contributed by atoms with Crippen LogP contribution in [0.3, 0.4) is 0 Å². The van der Waals surface area contributed by atoms with Crippen molar-refractivity contribution in [3.63, 3.8) is 0 Å². The molecule has 0 saturated heterocycles. The molecule has 0 fully saturated rings. The Balaban J connectivity index is 2.26. The molecule has 0 unspecified atom stereocenters. The molecule has 0 radical (unpaired) electrons. The predicted molar refractivity (Wildman–Crippen MR) is 87.5 cm³/mol. The molecular weight excluding hydrogens is 352 g/mol. The number of hydrogen-bond acceptors (Lipinski definition) is 4. The fraction of sp³-hybridized carbons (Fsp3) is 0.118. The van der Waals surface area contributed by atoms with Gasteiger partial charge in [-0.2, -0.15) is 0 Å². The summed E-state index contributed by atoms with van der Waals surface area (Å²) in [5.74, 6) is -2.86. The Morgan fingerprint density at radius 3 is 2.44 bits per heavy atom. The van der Waals surface area contributed by atoms with Gasteiger partial charge in [-0.25, -0.2) is 26.6 Å². The number of benzene rings is 2. The van der Waals surface area contributed by atoms with E-state index >= 15 is 0 Å². The van der Waals surface area contributed by atoms with Crippen molar-refractivity contribution in [2.24, 2.45) is 0 Å². The molecule has 0 N–H and O–H groups in total. The topological polar surface area (TPSA) is 69.3 Å². The van der Waals surface area contributed by atoms with Crippen LogP contribution in [0.25, 0.3) is 16.9 Å². The van der Waals surface area contributed by atoms with Crippen molar-refractivity contribution in [3.05, 3.63) is 70.4 Å². The minimum absolute atomic E-state index is 0.0212. The van der Waals surface area contributed by atoms with Crippen molar-refractivity contribution in [1.82, 2.24) is 4.57 Å². The molecule has 0 spiro atoms. The van der Waals surface area contributed by atoms with E-state index in [0.717, 1.165) is 28.7 Å². The summed E-state index contributed by atoms with van der Waals surface area (Å²) in [6.07, 6.45) is 1.79. The van der Waals surface area contributed by atoms with Crippen molar-refractivity contribution in [1.29, 1.82) is 0 Å². The third-order valence-corrected chi connectivity index (χ3v) is 4.76. The van der Waals surface area contributed by atoms with Crippen LogP contribution in [0.15, 0.2) is 56.8 Å². The van der Waals surface area contributed by atoms with E-state index in [1.54, 1.807) is 18.2 Å². The number of aromatic nitrogens is 1. The van der Waals surface area contributed by atoms with Crippen molar-refractivity contribution in [2.75, 3.05) is 6.26 Å². The lowest BCUT2D eigenvalue weighted by molar-refractivity contribution is 0.504. The predicted octanol–water partition coefficient (Wildman–Crippen LogP) is 3.09. The van der Waals surface area contributed by atoms with E-state index in [2.05, 4.69) is 0 Å². The van der Waals surface area contributed by atoms with E-state index in [-0.39, 0.29) is 11.3 Å². The molecule has 3 aromatic rings. The van der Waals surface area contributed by atoms with Gasteiger partial charge in [0.05, 0.1) is 11.4 Å². The minimum Gasteiger partial charge on any atom is -0.415 e. The van der Waals surface area contributed by atoms with Gasteiger partial charge in [-0.1, -0.05) is 12.1 Å². The van der Waals surface area contributed by atoms with Crippen molar-refractivity contribution < 1.29 is 21.6 Å². The number of sulfone groups is 1. The summed E-state index contributed by atoms with van der Waals surface area (Å²) in [5.41, 5.74) is 0.973. The van der Waals surface area contributed by atoms with Gasteiger partial charge in [0.25, 0.3) is 0 Å². The van der Waals surface area contributed by atoms with Crippen LogP contribution in [0.5, 0.6) is 0 Å². The van der Waals surface area contributed by atoms with Gasteiger partial charge in [-0.3, -0.25) is 0 Å². The highest BCUT2D eigenvalue weighted by Crippen LogP contribution is 2.29. The molecular formula is C17H13F2NO4S. The van der Waals surface area contributed by atoms with Gasteiger partial charge >= 0.3 is 5.76 Å². The molecule has 0 amide bonds. The van der Waals surface area contributed by atoms with Crippen molar-refractivity contribution in [3.8, 4) is 16.9 Å². The summed E-state index contributed by atoms with van der Waals surface area (Å²) in [6.45, 7) is 1.81. The van der Waals surface area contributed by atoms with Gasteiger partial charge < -0.3 is 4.42 Å². The third kappa shape index (κ3) is 3.12. The van der Waals surface area contributed by atoms with E-state index in [1.807, 2.05) is 13.0 Å². The van der Waals surface area contributed by atoms with Crippen LogP contribution >= 0.6 is 0 Å². The molecule has 2 aromatic carbocycles. The van der Waals surface area contributed by atoms with E-state index < -0.39 is 32.1 Å². The van der Waals surface area contributed by atoms with E-state index in [9.17, 15) is 22.0 Å². The molecule has 5 nitrogen and oxygen atoms in total. The smallest absolute Gasteiger partial charge is 0.415 e. The summed E-state index contributed by atoms with van der Waals surface area (Å²) >= 11 is 0. The zero-order valence-corrected chi connectivity index (χ0v) is 14.1. The number of nitrogens with zero attached hydrogens (tertiary/aromatic N) is 1. The number of halogens is 2. The Morgan fingerprint density at radius 2 is 1.80 bits per heavy atom. The highest BCUT2D eigenvalue weighted by Gasteiger charge is 2.22. The summed E-state index contributed by atoms with van der Waals surface area (Å²) < 4.78 is 57.5. The molecule has 0 aliphatic heterocycles. The van der Waals surface area contributed by atoms with Gasteiger partial charge in [0.1, 0.15) is 22.8 Å². The van der Waals surface area contributed by atoms with E-state index in [0.29, 0.717) is 11.8 Å². The van der Waals surface area contributed by atoms with E-state index in [1.165, 1.54) is 0 Å². The summed E-state index contributed by atoms with van der Waals surface area (Å²) in [5, 5.41) is 0. The largest absolute Gasteiger partial charge is 0.424 e. The monoisotopic (exact) mass is 365 g/mol. The average molecular weight is 365 g/mol. The van der Waals surface area contributed by atoms with Gasteiger partial charge in [0.15, 0.2) is 9.84 Å². The number of hydrogen-bond donors (Lipinski definition) is 0. The van der Waals surface area contributed by atoms with Crippen LogP contribution in [-0.4, -0.2) is 19.2 Å². The molecule has 0 bridgehead atoms. The first-order chi connectivity index (χ1) is 11.7. The zero-order chi connectivity index (χ0) is 18.4. The van der Waals surface area contributed by atoms with Crippen LogP contribution in [0.4, 0.5) is 8.78 Å². The molecule has 130 valence electrons. The van der Waals surface area contributed by atoms with Crippen molar-refractivity contribution >= 4 is 9.84 Å². The Bertz CT molecular complexity index is 1130. The molecule has 3 rings (SSSR count). The Kier molecular flexibility index (Phi) is 4.08. The lowest BCUT2D eigenvalue weighted by Gasteiger charge is -2.09. The second-order valence-electron chi connectivity index (χ2n) is 5.60. The maximum absolute atomic E-state index is 14.4. The second-order valence-corrected chi connectivity index (χ2v) is 7.58. The lowest BCUT2D eigenvalue weighted by atomic mass is 10.1. The summed E-state index contributed by atoms with van der Waals surface area (Å²) in [4.78, 5) is 11.3. The number of oxazole rings is 1. The standard InChI is InChI=1S/C17H13F2NO4S/c1-10-4-3-5-11(6-10)20-15(9-24-17(20)21)12-7-14(19)16(8-13(12)18)25(2,22)23/h3-9H,1-2H3. The first kappa shape index (κ1) is 17.1. The van der Waals surface area contributed by atoms with Gasteiger partial charge in [-0.15, -0.1) is 0 Å². The lowest BCUT2D eigenvalue weighted by Crippen LogP contribution is -2.14. The summed E-state index contributed by atoms with van der Waals surface area (Å²) in [6, 6.07) is 8.15. The normalized spacial score (nSPS) is 11.7. The highest BCUT2D eigenvalue weighted by molar-refractivity contribution is 7.90. The minimum atomic E-state index is -3.92. The molecule has 0 aliphatic carbocycles. The van der Waals surface area contributed by atoms with E-state index in [4.69, 9.17) is 4.42 Å². The van der Waals surface area contributed by atoms with Crippen LogP contribution < -0.4 is 5.76 Å². The molecule has 1 heterocycles. The molecule has 25 heavy (non-hydrogen) atoms. The van der Waals surface area contributed by atoms with Crippen LogP contribution in [0.1, 0.15) is 5.56 Å². The fourth-order valence-electron chi connectivity index (χ4n) is 2.51. The Hall–Kier alpha value is -2.74.